The highest BCUT2D eigenvalue weighted by atomic mass is 127. The second kappa shape index (κ2) is 12.1. The summed E-state index contributed by atoms with van der Waals surface area (Å²) in [5.41, 5.74) is 5.17. The Hall–Kier alpha value is -1.33. The van der Waals surface area contributed by atoms with Crippen molar-refractivity contribution in [1.29, 1.82) is 0 Å². The summed E-state index contributed by atoms with van der Waals surface area (Å²) < 4.78 is 10.7. The van der Waals surface area contributed by atoms with Crippen LogP contribution in [0.3, 0.4) is 0 Å². The van der Waals surface area contributed by atoms with Crippen LogP contribution in [0.15, 0.2) is 21.5 Å². The van der Waals surface area contributed by atoms with Crippen molar-refractivity contribution in [3.05, 3.63) is 23.7 Å². The van der Waals surface area contributed by atoms with Gasteiger partial charge in [0.05, 0.1) is 13.2 Å². The minimum Gasteiger partial charge on any atom is -0.454 e. The molecule has 2 heterocycles. The maximum atomic E-state index is 11.0. The molecule has 0 bridgehead atoms. The van der Waals surface area contributed by atoms with Crippen LogP contribution in [0.25, 0.3) is 0 Å². The highest BCUT2D eigenvalue weighted by Gasteiger charge is 2.09. The van der Waals surface area contributed by atoms with Gasteiger partial charge in [0.15, 0.2) is 11.7 Å². The number of rotatable bonds is 8. The van der Waals surface area contributed by atoms with E-state index in [4.69, 9.17) is 14.9 Å². The number of nitrogens with two attached hydrogens (primary N) is 1. The minimum atomic E-state index is -0.571. The van der Waals surface area contributed by atoms with E-state index in [1.165, 1.54) is 0 Å². The molecule has 1 amide bonds. The third-order valence-electron chi connectivity index (χ3n) is 3.69. The molecule has 0 spiro atoms. The van der Waals surface area contributed by atoms with Gasteiger partial charge in [-0.1, -0.05) is 0 Å². The van der Waals surface area contributed by atoms with Crippen molar-refractivity contribution in [1.82, 2.24) is 15.5 Å². The molecule has 0 atom stereocenters. The molecular formula is C16H28IN5O3. The average molecular weight is 465 g/mol. The van der Waals surface area contributed by atoms with Crippen molar-refractivity contribution in [2.24, 2.45) is 10.7 Å². The molecule has 1 aliphatic rings. The summed E-state index contributed by atoms with van der Waals surface area (Å²) in [6.07, 6.45) is 1.04. The van der Waals surface area contributed by atoms with Crippen LogP contribution >= 0.6 is 24.0 Å². The lowest BCUT2D eigenvalue weighted by Gasteiger charge is -2.26. The molecule has 8 nitrogen and oxygen atoms in total. The van der Waals surface area contributed by atoms with Gasteiger partial charge in [-0.15, -0.1) is 24.0 Å². The number of nitrogens with one attached hydrogen (secondary N) is 2. The number of aliphatic imine (C=N–C) groups is 1. The van der Waals surface area contributed by atoms with E-state index in [9.17, 15) is 4.79 Å². The second-order valence-corrected chi connectivity index (χ2v) is 5.56. The molecular weight excluding hydrogens is 437 g/mol. The first kappa shape index (κ1) is 21.7. The van der Waals surface area contributed by atoms with Gasteiger partial charge in [0.1, 0.15) is 12.3 Å². The Balaban J connectivity index is 0.00000312. The Labute approximate surface area is 165 Å². The Kier molecular flexibility index (Phi) is 10.5. The monoisotopic (exact) mass is 465 g/mol. The SMILES string of the molecule is CCNC(=NCc1ccc(C(N)=O)o1)NCCCN1CCOCC1.I. The van der Waals surface area contributed by atoms with Crippen LogP contribution < -0.4 is 16.4 Å². The molecule has 1 fully saturated rings. The summed E-state index contributed by atoms with van der Waals surface area (Å²) in [5.74, 6) is 0.924. The third kappa shape index (κ3) is 8.06. The van der Waals surface area contributed by atoms with Crippen LogP contribution in [-0.4, -0.2) is 62.7 Å². The number of ether oxygens (including phenoxy) is 1. The topological polar surface area (TPSA) is 105 Å². The van der Waals surface area contributed by atoms with Gasteiger partial charge in [0.2, 0.25) is 0 Å². The van der Waals surface area contributed by atoms with Crippen molar-refractivity contribution < 1.29 is 13.9 Å². The van der Waals surface area contributed by atoms with E-state index in [1.807, 2.05) is 6.92 Å². The fourth-order valence-electron chi connectivity index (χ4n) is 2.43. The highest BCUT2D eigenvalue weighted by molar-refractivity contribution is 14.0. The molecule has 1 aliphatic heterocycles. The number of carbonyl (C=O) groups excluding carboxylic acids is 1. The maximum absolute atomic E-state index is 11.0. The van der Waals surface area contributed by atoms with Gasteiger partial charge in [-0.25, -0.2) is 4.99 Å². The van der Waals surface area contributed by atoms with Crippen LogP contribution in [0.1, 0.15) is 29.7 Å². The van der Waals surface area contributed by atoms with E-state index in [0.717, 1.165) is 58.3 Å². The molecule has 0 unspecified atom stereocenters. The summed E-state index contributed by atoms with van der Waals surface area (Å²) in [4.78, 5) is 17.9. The number of primary amides is 1. The van der Waals surface area contributed by atoms with Crippen molar-refractivity contribution in [3.8, 4) is 0 Å². The number of guanidine groups is 1. The van der Waals surface area contributed by atoms with E-state index in [-0.39, 0.29) is 29.7 Å². The standard InChI is InChI=1S/C16H27N5O3.HI/c1-2-18-16(19-6-3-7-21-8-10-23-11-9-21)20-12-13-4-5-14(24-13)15(17)22;/h4-5H,2-3,6-12H2,1H3,(H2,17,22)(H2,18,19,20);1H. The lowest BCUT2D eigenvalue weighted by molar-refractivity contribution is 0.0376. The van der Waals surface area contributed by atoms with E-state index >= 15 is 0 Å². The van der Waals surface area contributed by atoms with Crippen molar-refractivity contribution in [2.45, 2.75) is 19.9 Å². The Bertz CT molecular complexity index is 544. The van der Waals surface area contributed by atoms with Gasteiger partial charge in [0, 0.05) is 26.2 Å². The number of morpholine rings is 1. The maximum Gasteiger partial charge on any atom is 0.284 e. The Morgan fingerprint density at radius 1 is 1.32 bits per heavy atom. The van der Waals surface area contributed by atoms with Crippen LogP contribution in [0, 0.1) is 0 Å². The number of hydrogen-bond donors (Lipinski definition) is 3. The van der Waals surface area contributed by atoms with Crippen LogP contribution in [0.2, 0.25) is 0 Å². The number of halogens is 1. The number of carbonyl (C=O) groups is 1. The van der Waals surface area contributed by atoms with Crippen molar-refractivity contribution in [3.63, 3.8) is 0 Å². The van der Waals surface area contributed by atoms with E-state index in [0.29, 0.717) is 12.3 Å². The largest absolute Gasteiger partial charge is 0.454 e. The lowest BCUT2D eigenvalue weighted by atomic mass is 10.3. The fourth-order valence-corrected chi connectivity index (χ4v) is 2.43. The number of nitrogens with zero attached hydrogens (tertiary/aromatic N) is 2. The molecule has 0 aliphatic carbocycles. The van der Waals surface area contributed by atoms with Crippen LogP contribution in [0.5, 0.6) is 0 Å². The van der Waals surface area contributed by atoms with Gasteiger partial charge < -0.3 is 25.5 Å². The van der Waals surface area contributed by atoms with Gasteiger partial charge in [-0.3, -0.25) is 9.69 Å². The highest BCUT2D eigenvalue weighted by Crippen LogP contribution is 2.08. The van der Waals surface area contributed by atoms with Crippen molar-refractivity contribution >= 4 is 35.8 Å². The average Bonchev–Trinajstić information content (AvgIpc) is 3.06. The van der Waals surface area contributed by atoms with Gasteiger partial charge in [0.25, 0.3) is 5.91 Å². The molecule has 0 radical (unpaired) electrons. The zero-order valence-corrected chi connectivity index (χ0v) is 17.0. The van der Waals surface area contributed by atoms with E-state index < -0.39 is 5.91 Å². The zero-order valence-electron chi connectivity index (χ0n) is 14.6. The van der Waals surface area contributed by atoms with E-state index in [1.54, 1.807) is 12.1 Å². The first-order valence-electron chi connectivity index (χ1n) is 8.40. The molecule has 9 heteroatoms. The molecule has 1 aromatic rings. The van der Waals surface area contributed by atoms with Gasteiger partial charge in [-0.05, 0) is 32.0 Å². The molecule has 1 aromatic heterocycles. The predicted octanol–water partition coefficient (Wildman–Crippen LogP) is 0.774. The van der Waals surface area contributed by atoms with Crippen molar-refractivity contribution in [2.75, 3.05) is 45.9 Å². The fraction of sp³-hybridized carbons (Fsp3) is 0.625. The normalized spacial score (nSPS) is 15.5. The molecule has 0 aromatic carbocycles. The summed E-state index contributed by atoms with van der Waals surface area (Å²) in [7, 11) is 0. The Morgan fingerprint density at radius 2 is 2.08 bits per heavy atom. The number of furan rings is 1. The summed E-state index contributed by atoms with van der Waals surface area (Å²) in [6, 6.07) is 3.28. The lowest BCUT2D eigenvalue weighted by Crippen LogP contribution is -2.40. The first-order valence-corrected chi connectivity index (χ1v) is 8.40. The van der Waals surface area contributed by atoms with Crippen LogP contribution in [0.4, 0.5) is 0 Å². The molecule has 2 rings (SSSR count). The molecule has 4 N–H and O–H groups in total. The quantitative estimate of drug-likeness (QED) is 0.227. The molecule has 1 saturated heterocycles. The second-order valence-electron chi connectivity index (χ2n) is 5.56. The van der Waals surface area contributed by atoms with Gasteiger partial charge >= 0.3 is 0 Å². The predicted molar refractivity (Wildman–Crippen MR) is 107 cm³/mol. The Morgan fingerprint density at radius 3 is 2.72 bits per heavy atom. The molecule has 142 valence electrons. The van der Waals surface area contributed by atoms with Crippen LogP contribution in [-0.2, 0) is 11.3 Å². The first-order chi connectivity index (χ1) is 11.7. The van der Waals surface area contributed by atoms with E-state index in [2.05, 4.69) is 20.5 Å². The molecule has 25 heavy (non-hydrogen) atoms. The minimum absolute atomic E-state index is 0. The zero-order chi connectivity index (χ0) is 17.2. The smallest absolute Gasteiger partial charge is 0.284 e. The summed E-state index contributed by atoms with van der Waals surface area (Å²) >= 11 is 0. The number of hydrogen-bond acceptors (Lipinski definition) is 5. The summed E-state index contributed by atoms with van der Waals surface area (Å²) in [6.45, 7) is 8.71. The molecule has 0 saturated carbocycles. The van der Waals surface area contributed by atoms with Gasteiger partial charge in [-0.2, -0.15) is 0 Å². The number of amides is 1. The summed E-state index contributed by atoms with van der Waals surface area (Å²) in [5, 5.41) is 6.50. The third-order valence-corrected chi connectivity index (χ3v) is 3.69.